The molecule has 1 fully saturated rings. The molecule has 6 nitrogen and oxygen atoms in total. The number of amides is 2. The Labute approximate surface area is 151 Å². The number of hydrogen-bond acceptors (Lipinski definition) is 3. The van der Waals surface area contributed by atoms with Crippen molar-refractivity contribution >= 4 is 23.5 Å². The number of carbonyl (C=O) groups excluding carboxylic acids is 2. The molecule has 2 aromatic rings. The fourth-order valence-corrected chi connectivity index (χ4v) is 2.75. The second-order valence-electron chi connectivity index (χ2n) is 6.39. The third kappa shape index (κ3) is 4.27. The third-order valence-corrected chi connectivity index (χ3v) is 4.50. The van der Waals surface area contributed by atoms with Crippen LogP contribution in [-0.4, -0.2) is 22.9 Å². The van der Waals surface area contributed by atoms with Crippen molar-refractivity contribution in [2.24, 2.45) is 5.92 Å². The molecule has 0 spiro atoms. The lowest BCUT2D eigenvalue weighted by Crippen LogP contribution is -2.28. The van der Waals surface area contributed by atoms with Gasteiger partial charge in [-0.25, -0.2) is 4.79 Å². The molecule has 3 N–H and O–H groups in total. The summed E-state index contributed by atoms with van der Waals surface area (Å²) in [6.07, 6.45) is 2.99. The molecule has 6 heteroatoms. The van der Waals surface area contributed by atoms with Gasteiger partial charge in [0.2, 0.25) is 5.91 Å². The lowest BCUT2D eigenvalue weighted by atomic mass is 9.85. The molecule has 0 saturated heterocycles. The van der Waals surface area contributed by atoms with E-state index in [0.29, 0.717) is 11.3 Å². The predicted molar refractivity (Wildman–Crippen MR) is 97.0 cm³/mol. The number of carbonyl (C=O) groups is 3. The minimum atomic E-state index is -1.07. The molecule has 2 amide bonds. The largest absolute Gasteiger partial charge is 0.478 e. The molecule has 0 heterocycles. The number of hydrogen-bond donors (Lipinski definition) is 3. The summed E-state index contributed by atoms with van der Waals surface area (Å²) in [6.45, 7) is 0.281. The van der Waals surface area contributed by atoms with E-state index < -0.39 is 5.97 Å². The van der Waals surface area contributed by atoms with E-state index >= 15 is 0 Å². The molecule has 2 aromatic carbocycles. The van der Waals surface area contributed by atoms with E-state index in [1.165, 1.54) is 18.2 Å². The molecular formula is C20H20N2O4. The average Bonchev–Trinajstić information content (AvgIpc) is 2.58. The maximum atomic E-state index is 12.2. The lowest BCUT2D eigenvalue weighted by molar-refractivity contribution is -0.122. The molecule has 0 atom stereocenters. The Kier molecular flexibility index (Phi) is 5.31. The molecule has 0 bridgehead atoms. The van der Waals surface area contributed by atoms with E-state index in [2.05, 4.69) is 10.6 Å². The molecule has 0 aromatic heterocycles. The number of anilines is 1. The smallest absolute Gasteiger partial charge is 0.335 e. The zero-order valence-electron chi connectivity index (χ0n) is 14.2. The quantitative estimate of drug-likeness (QED) is 0.744. The second-order valence-corrected chi connectivity index (χ2v) is 6.39. The first kappa shape index (κ1) is 17.7. The average molecular weight is 352 g/mol. The van der Waals surface area contributed by atoms with E-state index in [1.54, 1.807) is 6.07 Å². The van der Waals surface area contributed by atoms with Crippen LogP contribution in [0.25, 0.3) is 0 Å². The number of nitrogens with one attached hydrogen (secondary N) is 2. The van der Waals surface area contributed by atoms with Crippen molar-refractivity contribution in [2.75, 3.05) is 5.32 Å². The Hall–Kier alpha value is -3.15. The minimum absolute atomic E-state index is 0.0444. The van der Waals surface area contributed by atoms with E-state index in [-0.39, 0.29) is 29.8 Å². The van der Waals surface area contributed by atoms with Crippen LogP contribution in [0.3, 0.4) is 0 Å². The summed E-state index contributed by atoms with van der Waals surface area (Å²) in [7, 11) is 0. The lowest BCUT2D eigenvalue weighted by Gasteiger charge is -2.24. The van der Waals surface area contributed by atoms with E-state index in [1.807, 2.05) is 24.3 Å². The Balaban J connectivity index is 1.59. The van der Waals surface area contributed by atoms with Crippen LogP contribution in [0.4, 0.5) is 5.69 Å². The van der Waals surface area contributed by atoms with Crippen LogP contribution < -0.4 is 10.6 Å². The summed E-state index contributed by atoms with van der Waals surface area (Å²) in [5.41, 5.74) is 1.92. The van der Waals surface area contributed by atoms with Crippen LogP contribution in [0.2, 0.25) is 0 Å². The zero-order valence-corrected chi connectivity index (χ0v) is 14.2. The van der Waals surface area contributed by atoms with Crippen molar-refractivity contribution in [2.45, 2.75) is 25.8 Å². The molecule has 1 aliphatic carbocycles. The standard InChI is InChI=1S/C20H20N2O4/c23-18(15-7-3-8-16(11-15)20(25)26)21-12-13-4-1-9-17(10-13)22-19(24)14-5-2-6-14/h1,3-4,7-11,14H,2,5-6,12H2,(H,21,23)(H,22,24)(H,25,26). The normalized spacial score (nSPS) is 13.5. The van der Waals surface area contributed by atoms with Gasteiger partial charge in [0.15, 0.2) is 0 Å². The molecule has 26 heavy (non-hydrogen) atoms. The summed E-state index contributed by atoms with van der Waals surface area (Å²) in [6, 6.07) is 13.2. The fraction of sp³-hybridized carbons (Fsp3) is 0.250. The molecule has 1 saturated carbocycles. The molecular weight excluding hydrogens is 332 g/mol. The second kappa shape index (κ2) is 7.82. The topological polar surface area (TPSA) is 95.5 Å². The highest BCUT2D eigenvalue weighted by Crippen LogP contribution is 2.27. The van der Waals surface area contributed by atoms with Crippen molar-refractivity contribution in [3.63, 3.8) is 0 Å². The van der Waals surface area contributed by atoms with Crippen molar-refractivity contribution < 1.29 is 19.5 Å². The summed E-state index contributed by atoms with van der Waals surface area (Å²) in [5, 5.41) is 14.7. The van der Waals surface area contributed by atoms with Crippen LogP contribution >= 0.6 is 0 Å². The van der Waals surface area contributed by atoms with Gasteiger partial charge in [0.1, 0.15) is 0 Å². The van der Waals surface area contributed by atoms with Crippen LogP contribution in [0.15, 0.2) is 48.5 Å². The van der Waals surface area contributed by atoms with Gasteiger partial charge in [0, 0.05) is 23.7 Å². The number of rotatable bonds is 6. The highest BCUT2D eigenvalue weighted by Gasteiger charge is 2.25. The number of aromatic carboxylic acids is 1. The number of benzene rings is 2. The summed E-state index contributed by atoms with van der Waals surface area (Å²) in [4.78, 5) is 35.2. The predicted octanol–water partition coefficient (Wildman–Crippen LogP) is 3.05. The first-order valence-electron chi connectivity index (χ1n) is 8.54. The van der Waals surface area contributed by atoms with Gasteiger partial charge in [-0.1, -0.05) is 24.6 Å². The van der Waals surface area contributed by atoms with Crippen molar-refractivity contribution in [3.05, 3.63) is 65.2 Å². The van der Waals surface area contributed by atoms with Gasteiger partial charge in [0.05, 0.1) is 5.56 Å². The maximum absolute atomic E-state index is 12.2. The fourth-order valence-electron chi connectivity index (χ4n) is 2.75. The van der Waals surface area contributed by atoms with Gasteiger partial charge in [-0.3, -0.25) is 9.59 Å². The highest BCUT2D eigenvalue weighted by molar-refractivity contribution is 5.97. The van der Waals surface area contributed by atoms with Gasteiger partial charge in [0.25, 0.3) is 5.91 Å². The zero-order chi connectivity index (χ0) is 18.5. The molecule has 1 aliphatic rings. The SMILES string of the molecule is O=C(O)c1cccc(C(=O)NCc2cccc(NC(=O)C3CCC3)c2)c1. The first-order valence-corrected chi connectivity index (χ1v) is 8.54. The van der Waals surface area contributed by atoms with Crippen molar-refractivity contribution in [1.82, 2.24) is 5.32 Å². The maximum Gasteiger partial charge on any atom is 0.335 e. The number of carboxylic acids is 1. The molecule has 134 valence electrons. The van der Waals surface area contributed by atoms with Crippen LogP contribution in [0.5, 0.6) is 0 Å². The van der Waals surface area contributed by atoms with Gasteiger partial charge in [-0.2, -0.15) is 0 Å². The third-order valence-electron chi connectivity index (χ3n) is 4.50. The molecule has 0 unspecified atom stereocenters. The monoisotopic (exact) mass is 352 g/mol. The van der Waals surface area contributed by atoms with Gasteiger partial charge < -0.3 is 15.7 Å². The summed E-state index contributed by atoms with van der Waals surface area (Å²) >= 11 is 0. The van der Waals surface area contributed by atoms with Gasteiger partial charge in [-0.15, -0.1) is 0 Å². The summed E-state index contributed by atoms with van der Waals surface area (Å²) in [5.74, 6) is -1.27. The molecule has 0 radical (unpaired) electrons. The Morgan fingerprint density at radius 2 is 1.73 bits per heavy atom. The first-order chi connectivity index (χ1) is 12.5. The van der Waals surface area contributed by atoms with E-state index in [4.69, 9.17) is 5.11 Å². The van der Waals surface area contributed by atoms with E-state index in [0.717, 1.165) is 24.8 Å². The van der Waals surface area contributed by atoms with Crippen LogP contribution in [0, 0.1) is 5.92 Å². The van der Waals surface area contributed by atoms with Crippen molar-refractivity contribution in [3.8, 4) is 0 Å². The van der Waals surface area contributed by atoms with Crippen molar-refractivity contribution in [1.29, 1.82) is 0 Å². The Bertz CT molecular complexity index is 843. The van der Waals surface area contributed by atoms with E-state index in [9.17, 15) is 14.4 Å². The highest BCUT2D eigenvalue weighted by atomic mass is 16.4. The van der Waals surface area contributed by atoms with Crippen LogP contribution in [0.1, 0.15) is 45.5 Å². The summed E-state index contributed by atoms with van der Waals surface area (Å²) < 4.78 is 0. The minimum Gasteiger partial charge on any atom is -0.478 e. The molecule has 0 aliphatic heterocycles. The Morgan fingerprint density at radius 1 is 1.00 bits per heavy atom. The van der Waals surface area contributed by atoms with Crippen LogP contribution in [-0.2, 0) is 11.3 Å². The Morgan fingerprint density at radius 3 is 2.42 bits per heavy atom. The van der Waals surface area contributed by atoms with Gasteiger partial charge in [-0.05, 0) is 48.7 Å². The number of carboxylic acid groups (broad SMARTS) is 1. The van der Waals surface area contributed by atoms with Gasteiger partial charge >= 0.3 is 5.97 Å². The molecule has 3 rings (SSSR count).